The van der Waals surface area contributed by atoms with Crippen molar-refractivity contribution in [2.75, 3.05) is 12.9 Å². The first-order chi connectivity index (χ1) is 14.7. The van der Waals surface area contributed by atoms with E-state index in [4.69, 9.17) is 4.74 Å². The molecule has 0 N–H and O–H groups in total. The van der Waals surface area contributed by atoms with Crippen LogP contribution in [0.1, 0.15) is 15.9 Å². The molecule has 0 fully saturated rings. The first-order valence-corrected chi connectivity index (χ1v) is 10.4. The molecule has 0 bridgehead atoms. The molecule has 0 saturated carbocycles. The Bertz CT molecular complexity index is 1140. The summed E-state index contributed by atoms with van der Waals surface area (Å²) in [4.78, 5) is 17.0. The van der Waals surface area contributed by atoms with Gasteiger partial charge in [0.2, 0.25) is 0 Å². The number of ether oxygens (including phenoxy) is 1. The third kappa shape index (κ3) is 4.26. The quantitative estimate of drug-likeness (QED) is 0.323. The average molecular weight is 417 g/mol. The van der Waals surface area contributed by atoms with Gasteiger partial charge >= 0.3 is 0 Å². The molecule has 0 saturated heterocycles. The molecule has 7 heteroatoms. The van der Waals surface area contributed by atoms with E-state index in [9.17, 15) is 4.79 Å². The number of Topliss-reactive ketones (excluding diaryl/α,β-unsaturated/α-hetero) is 1. The van der Waals surface area contributed by atoms with Gasteiger partial charge in [0.05, 0.1) is 18.6 Å². The molecule has 30 heavy (non-hydrogen) atoms. The molecule has 4 aromatic rings. The Labute approximate surface area is 179 Å². The fourth-order valence-electron chi connectivity index (χ4n) is 2.94. The van der Waals surface area contributed by atoms with E-state index in [1.807, 2.05) is 78.2 Å². The summed E-state index contributed by atoms with van der Waals surface area (Å²) < 4.78 is 7.18. The van der Waals surface area contributed by atoms with Gasteiger partial charge in [-0.1, -0.05) is 47.7 Å². The maximum absolute atomic E-state index is 12.6. The highest BCUT2D eigenvalue weighted by Crippen LogP contribution is 2.28. The second-order valence-corrected chi connectivity index (χ2v) is 7.57. The van der Waals surface area contributed by atoms with Gasteiger partial charge in [-0.2, -0.15) is 0 Å². The summed E-state index contributed by atoms with van der Waals surface area (Å²) in [6.45, 7) is 2.00. The average Bonchev–Trinajstić information content (AvgIpc) is 3.22. The topological polar surface area (TPSA) is 69.9 Å². The van der Waals surface area contributed by atoms with Crippen LogP contribution in [-0.4, -0.2) is 38.4 Å². The van der Waals surface area contributed by atoms with E-state index in [-0.39, 0.29) is 11.5 Å². The van der Waals surface area contributed by atoms with E-state index in [0.717, 1.165) is 17.0 Å². The highest BCUT2D eigenvalue weighted by atomic mass is 32.2. The zero-order valence-electron chi connectivity index (χ0n) is 16.6. The number of thioether (sulfide) groups is 1. The van der Waals surface area contributed by atoms with E-state index < -0.39 is 0 Å². The highest BCUT2D eigenvalue weighted by Gasteiger charge is 2.18. The second-order valence-electron chi connectivity index (χ2n) is 6.63. The number of carbonyl (C=O) groups excluding carboxylic acids is 1. The number of hydrogen-bond acceptors (Lipinski definition) is 6. The van der Waals surface area contributed by atoms with Crippen molar-refractivity contribution in [1.82, 2.24) is 19.7 Å². The van der Waals surface area contributed by atoms with E-state index in [0.29, 0.717) is 22.2 Å². The van der Waals surface area contributed by atoms with Gasteiger partial charge in [0.15, 0.2) is 16.8 Å². The van der Waals surface area contributed by atoms with Gasteiger partial charge in [0.25, 0.3) is 0 Å². The molecule has 0 spiro atoms. The number of ketones is 1. The smallest absolute Gasteiger partial charge is 0.196 e. The summed E-state index contributed by atoms with van der Waals surface area (Å²) in [5, 5.41) is 9.32. The molecular formula is C23H20N4O2S. The van der Waals surface area contributed by atoms with Crippen molar-refractivity contribution in [3.8, 4) is 23.0 Å². The van der Waals surface area contributed by atoms with Crippen LogP contribution >= 0.6 is 11.8 Å². The van der Waals surface area contributed by atoms with Crippen LogP contribution in [0.2, 0.25) is 0 Å². The van der Waals surface area contributed by atoms with Crippen LogP contribution in [0.25, 0.3) is 17.2 Å². The fraction of sp³-hybridized carbons (Fsp3) is 0.130. The Balaban J connectivity index is 1.66. The van der Waals surface area contributed by atoms with Crippen molar-refractivity contribution in [3.63, 3.8) is 0 Å². The van der Waals surface area contributed by atoms with Crippen LogP contribution in [0.4, 0.5) is 0 Å². The van der Waals surface area contributed by atoms with Crippen molar-refractivity contribution in [2.24, 2.45) is 0 Å². The standard InChI is InChI=1S/C23H20N4O2S/c1-16-6-8-17(9-7-16)21(28)15-30-23-26-25-22(20-5-3-4-14-24-20)27(23)18-10-12-19(29-2)13-11-18/h3-14H,15H2,1-2H3. The number of pyridine rings is 1. The lowest BCUT2D eigenvalue weighted by molar-refractivity contribution is 0.102. The van der Waals surface area contributed by atoms with Crippen LogP contribution in [-0.2, 0) is 0 Å². The lowest BCUT2D eigenvalue weighted by Gasteiger charge is -2.10. The Morgan fingerprint density at radius 1 is 1.00 bits per heavy atom. The molecular weight excluding hydrogens is 396 g/mol. The van der Waals surface area contributed by atoms with E-state index >= 15 is 0 Å². The van der Waals surface area contributed by atoms with Crippen LogP contribution in [0.3, 0.4) is 0 Å². The summed E-state index contributed by atoms with van der Waals surface area (Å²) in [6, 6.07) is 20.9. The van der Waals surface area contributed by atoms with Gasteiger partial charge in [0, 0.05) is 11.8 Å². The third-order valence-electron chi connectivity index (χ3n) is 4.56. The molecule has 0 aliphatic heterocycles. The summed E-state index contributed by atoms with van der Waals surface area (Å²) in [5.74, 6) is 1.68. The van der Waals surface area contributed by atoms with Crippen LogP contribution < -0.4 is 4.74 Å². The van der Waals surface area contributed by atoms with Crippen molar-refractivity contribution >= 4 is 17.5 Å². The van der Waals surface area contributed by atoms with Crippen LogP contribution in [0.15, 0.2) is 78.1 Å². The van der Waals surface area contributed by atoms with Gasteiger partial charge < -0.3 is 4.74 Å². The molecule has 2 aromatic carbocycles. The lowest BCUT2D eigenvalue weighted by Crippen LogP contribution is -2.05. The predicted molar refractivity (Wildman–Crippen MR) is 117 cm³/mol. The summed E-state index contributed by atoms with van der Waals surface area (Å²) in [6.07, 6.45) is 1.72. The maximum atomic E-state index is 12.6. The molecule has 0 amide bonds. The van der Waals surface area contributed by atoms with Crippen LogP contribution in [0, 0.1) is 6.92 Å². The largest absolute Gasteiger partial charge is 0.497 e. The first kappa shape index (κ1) is 19.8. The van der Waals surface area contributed by atoms with Gasteiger partial charge in [-0.15, -0.1) is 10.2 Å². The molecule has 0 aliphatic rings. The summed E-state index contributed by atoms with van der Waals surface area (Å²) in [5.41, 5.74) is 3.39. The zero-order valence-corrected chi connectivity index (χ0v) is 17.5. The fourth-order valence-corrected chi connectivity index (χ4v) is 3.79. The Kier molecular flexibility index (Phi) is 5.90. The Morgan fingerprint density at radius 2 is 1.77 bits per heavy atom. The third-order valence-corrected chi connectivity index (χ3v) is 5.49. The predicted octanol–water partition coefficient (Wildman–Crippen LogP) is 4.62. The summed E-state index contributed by atoms with van der Waals surface area (Å²) in [7, 11) is 1.63. The number of carbonyl (C=O) groups is 1. The molecule has 150 valence electrons. The zero-order chi connectivity index (χ0) is 20.9. The van der Waals surface area contributed by atoms with Gasteiger partial charge in [-0.05, 0) is 43.3 Å². The van der Waals surface area contributed by atoms with Crippen molar-refractivity contribution in [1.29, 1.82) is 0 Å². The Hall–Kier alpha value is -3.45. The number of aromatic nitrogens is 4. The molecule has 0 aliphatic carbocycles. The molecule has 4 rings (SSSR count). The van der Waals surface area contributed by atoms with Crippen molar-refractivity contribution in [2.45, 2.75) is 12.1 Å². The SMILES string of the molecule is COc1ccc(-n2c(SCC(=O)c3ccc(C)cc3)nnc2-c2ccccn2)cc1. The van der Waals surface area contributed by atoms with Crippen molar-refractivity contribution < 1.29 is 9.53 Å². The van der Waals surface area contributed by atoms with Crippen molar-refractivity contribution in [3.05, 3.63) is 84.1 Å². The molecule has 0 radical (unpaired) electrons. The number of methoxy groups -OCH3 is 1. The van der Waals surface area contributed by atoms with Gasteiger partial charge in [0.1, 0.15) is 11.4 Å². The number of benzene rings is 2. The number of rotatable bonds is 7. The second kappa shape index (κ2) is 8.92. The molecule has 0 atom stereocenters. The summed E-state index contributed by atoms with van der Waals surface area (Å²) >= 11 is 1.36. The minimum Gasteiger partial charge on any atom is -0.497 e. The van der Waals surface area contributed by atoms with Crippen LogP contribution in [0.5, 0.6) is 5.75 Å². The number of aryl methyl sites for hydroxylation is 1. The Morgan fingerprint density at radius 3 is 2.43 bits per heavy atom. The van der Waals surface area contributed by atoms with E-state index in [1.165, 1.54) is 11.8 Å². The number of nitrogens with zero attached hydrogens (tertiary/aromatic N) is 4. The normalized spacial score (nSPS) is 10.7. The molecule has 0 unspecified atom stereocenters. The minimum absolute atomic E-state index is 0.0451. The maximum Gasteiger partial charge on any atom is 0.196 e. The molecule has 2 heterocycles. The highest BCUT2D eigenvalue weighted by molar-refractivity contribution is 7.99. The lowest BCUT2D eigenvalue weighted by atomic mass is 10.1. The monoisotopic (exact) mass is 416 g/mol. The van der Waals surface area contributed by atoms with Gasteiger partial charge in [-0.25, -0.2) is 0 Å². The molecule has 6 nitrogen and oxygen atoms in total. The first-order valence-electron chi connectivity index (χ1n) is 9.39. The van der Waals surface area contributed by atoms with E-state index in [2.05, 4.69) is 15.2 Å². The van der Waals surface area contributed by atoms with E-state index in [1.54, 1.807) is 13.3 Å². The minimum atomic E-state index is 0.0451. The number of hydrogen-bond donors (Lipinski definition) is 0. The van der Waals surface area contributed by atoms with Gasteiger partial charge in [-0.3, -0.25) is 14.3 Å². The molecule has 2 aromatic heterocycles.